The maximum atomic E-state index is 12.9. The number of amides is 1. The number of piperazine rings is 1. The Bertz CT molecular complexity index is 951. The van der Waals surface area contributed by atoms with Crippen molar-refractivity contribution in [3.63, 3.8) is 0 Å². The molecule has 0 unspecified atom stereocenters. The van der Waals surface area contributed by atoms with Crippen LogP contribution >= 0.6 is 0 Å². The molecule has 2 aliphatic heterocycles. The Morgan fingerprint density at radius 3 is 2.31 bits per heavy atom. The normalized spacial score (nSPS) is 18.2. The van der Waals surface area contributed by atoms with Crippen molar-refractivity contribution >= 4 is 21.6 Å². The number of nitrogens with zero attached hydrogens (tertiary/aromatic N) is 4. The van der Waals surface area contributed by atoms with Gasteiger partial charge in [-0.1, -0.05) is 30.3 Å². The Hall–Kier alpha value is -2.45. The van der Waals surface area contributed by atoms with E-state index in [9.17, 15) is 13.2 Å². The summed E-state index contributed by atoms with van der Waals surface area (Å²) in [6.45, 7) is 3.40. The molecule has 2 aromatic rings. The van der Waals surface area contributed by atoms with Gasteiger partial charge in [-0.2, -0.15) is 4.31 Å². The van der Waals surface area contributed by atoms with Crippen LogP contribution in [-0.2, 0) is 15.8 Å². The van der Waals surface area contributed by atoms with Crippen LogP contribution in [0.1, 0.15) is 28.9 Å². The molecular formula is C21H26N4O3S. The van der Waals surface area contributed by atoms with Gasteiger partial charge in [0, 0.05) is 51.2 Å². The van der Waals surface area contributed by atoms with Crippen molar-refractivity contribution in [1.82, 2.24) is 14.2 Å². The number of rotatable bonds is 5. The summed E-state index contributed by atoms with van der Waals surface area (Å²) in [5.41, 5.74) is 2.23. The van der Waals surface area contributed by atoms with Gasteiger partial charge >= 0.3 is 0 Å². The Morgan fingerprint density at radius 1 is 0.931 bits per heavy atom. The second kappa shape index (κ2) is 8.51. The summed E-state index contributed by atoms with van der Waals surface area (Å²) in [7, 11) is -3.39. The molecule has 0 atom stereocenters. The molecule has 1 aromatic heterocycles. The molecule has 8 heteroatoms. The molecular weight excluding hydrogens is 388 g/mol. The van der Waals surface area contributed by atoms with E-state index >= 15 is 0 Å². The van der Waals surface area contributed by atoms with Crippen LogP contribution in [0.25, 0.3) is 0 Å². The lowest BCUT2D eigenvalue weighted by Crippen LogP contribution is -2.50. The predicted molar refractivity (Wildman–Crippen MR) is 112 cm³/mol. The van der Waals surface area contributed by atoms with Gasteiger partial charge in [-0.25, -0.2) is 8.42 Å². The van der Waals surface area contributed by atoms with Crippen LogP contribution in [0.4, 0.5) is 5.69 Å². The molecule has 0 bridgehead atoms. The fourth-order valence-corrected chi connectivity index (χ4v) is 5.43. The molecule has 29 heavy (non-hydrogen) atoms. The largest absolute Gasteiger partial charge is 0.371 e. The average molecular weight is 415 g/mol. The van der Waals surface area contributed by atoms with Crippen molar-refractivity contribution < 1.29 is 13.2 Å². The molecule has 1 aromatic carbocycles. The highest BCUT2D eigenvalue weighted by molar-refractivity contribution is 7.88. The third kappa shape index (κ3) is 4.59. The average Bonchev–Trinajstić information content (AvgIpc) is 3.29. The molecule has 0 aliphatic carbocycles. The van der Waals surface area contributed by atoms with Gasteiger partial charge in [-0.15, -0.1) is 0 Å². The number of aromatic nitrogens is 1. The predicted octanol–water partition coefficient (Wildman–Crippen LogP) is 1.97. The van der Waals surface area contributed by atoms with Gasteiger partial charge < -0.3 is 9.80 Å². The monoisotopic (exact) mass is 414 g/mol. The molecule has 0 radical (unpaired) electrons. The quantitative estimate of drug-likeness (QED) is 0.748. The first-order chi connectivity index (χ1) is 14.0. The van der Waals surface area contributed by atoms with Gasteiger partial charge in [0.25, 0.3) is 5.91 Å². The molecule has 1 amide bonds. The summed E-state index contributed by atoms with van der Waals surface area (Å²) in [4.78, 5) is 21.1. The molecule has 2 aliphatic rings. The Morgan fingerprint density at radius 2 is 1.62 bits per heavy atom. The molecule has 4 rings (SSSR count). The summed E-state index contributed by atoms with van der Waals surface area (Å²) < 4.78 is 26.9. The van der Waals surface area contributed by atoms with Gasteiger partial charge in [0.15, 0.2) is 0 Å². The highest BCUT2D eigenvalue weighted by Crippen LogP contribution is 2.21. The van der Waals surface area contributed by atoms with E-state index in [1.54, 1.807) is 11.1 Å². The molecule has 2 fully saturated rings. The lowest BCUT2D eigenvalue weighted by atomic mass is 10.2. The molecule has 0 spiro atoms. The van der Waals surface area contributed by atoms with Crippen LogP contribution in [-0.4, -0.2) is 67.8 Å². The summed E-state index contributed by atoms with van der Waals surface area (Å²) >= 11 is 0. The highest BCUT2D eigenvalue weighted by Gasteiger charge is 2.30. The van der Waals surface area contributed by atoms with Gasteiger partial charge in [0.2, 0.25) is 10.0 Å². The lowest BCUT2D eigenvalue weighted by Gasteiger charge is -2.34. The molecule has 154 valence electrons. The highest BCUT2D eigenvalue weighted by atomic mass is 32.2. The molecule has 3 heterocycles. The topological polar surface area (TPSA) is 73.8 Å². The van der Waals surface area contributed by atoms with Gasteiger partial charge in [-0.05, 0) is 30.5 Å². The molecule has 0 saturated carbocycles. The molecule has 7 nitrogen and oxygen atoms in total. The maximum Gasteiger partial charge on any atom is 0.272 e. The van der Waals surface area contributed by atoms with Gasteiger partial charge in [-0.3, -0.25) is 9.78 Å². The van der Waals surface area contributed by atoms with Crippen LogP contribution in [0.15, 0.2) is 48.7 Å². The standard InChI is InChI=1S/C21H26N4O3S/c26-21(20-16-19(8-9-22-20)23-10-4-5-11-23)24-12-14-25(15-13-24)29(27,28)17-18-6-2-1-3-7-18/h1-3,6-9,16H,4-5,10-15,17H2. The number of carbonyl (C=O) groups is 1. The van der Waals surface area contributed by atoms with E-state index < -0.39 is 10.0 Å². The third-order valence-electron chi connectivity index (χ3n) is 5.54. The van der Waals surface area contributed by atoms with Crippen LogP contribution in [0, 0.1) is 0 Å². The van der Waals surface area contributed by atoms with E-state index in [1.807, 2.05) is 42.5 Å². The van der Waals surface area contributed by atoms with E-state index in [4.69, 9.17) is 0 Å². The Labute approximate surface area is 172 Å². The van der Waals surface area contributed by atoms with Crippen molar-refractivity contribution in [2.24, 2.45) is 0 Å². The Kier molecular flexibility index (Phi) is 5.82. The van der Waals surface area contributed by atoms with Gasteiger partial charge in [0.05, 0.1) is 5.75 Å². The summed E-state index contributed by atoms with van der Waals surface area (Å²) in [5.74, 6) is -0.146. The zero-order chi connectivity index (χ0) is 20.3. The number of hydrogen-bond donors (Lipinski definition) is 0. The van der Waals surface area contributed by atoms with E-state index in [-0.39, 0.29) is 11.7 Å². The minimum absolute atomic E-state index is 0.0127. The zero-order valence-corrected chi connectivity index (χ0v) is 17.2. The minimum Gasteiger partial charge on any atom is -0.371 e. The van der Waals surface area contributed by atoms with E-state index in [0.29, 0.717) is 31.9 Å². The van der Waals surface area contributed by atoms with Crippen LogP contribution in [0.5, 0.6) is 0 Å². The molecule has 2 saturated heterocycles. The van der Waals surface area contributed by atoms with Crippen LogP contribution < -0.4 is 4.90 Å². The van der Waals surface area contributed by atoms with Gasteiger partial charge in [0.1, 0.15) is 5.69 Å². The summed E-state index contributed by atoms with van der Waals surface area (Å²) in [6, 6.07) is 13.0. The fraction of sp³-hybridized carbons (Fsp3) is 0.429. The smallest absolute Gasteiger partial charge is 0.272 e. The van der Waals surface area contributed by atoms with Crippen molar-refractivity contribution in [3.05, 3.63) is 59.9 Å². The second-order valence-electron chi connectivity index (χ2n) is 7.53. The summed E-state index contributed by atoms with van der Waals surface area (Å²) in [6.07, 6.45) is 4.03. The van der Waals surface area contributed by atoms with Crippen molar-refractivity contribution in [2.45, 2.75) is 18.6 Å². The number of sulfonamides is 1. The van der Waals surface area contributed by atoms with E-state index in [0.717, 1.165) is 24.3 Å². The number of pyridine rings is 1. The van der Waals surface area contributed by atoms with Crippen LogP contribution in [0.3, 0.4) is 0 Å². The first-order valence-corrected chi connectivity index (χ1v) is 11.7. The van der Waals surface area contributed by atoms with Crippen molar-refractivity contribution in [1.29, 1.82) is 0 Å². The first-order valence-electron chi connectivity index (χ1n) is 10.0. The lowest BCUT2D eigenvalue weighted by molar-refractivity contribution is 0.0692. The number of benzene rings is 1. The minimum atomic E-state index is -3.39. The number of hydrogen-bond acceptors (Lipinski definition) is 5. The molecule has 0 N–H and O–H groups in total. The fourth-order valence-electron chi connectivity index (χ4n) is 3.92. The van der Waals surface area contributed by atoms with E-state index in [1.165, 1.54) is 17.1 Å². The SMILES string of the molecule is O=C(c1cc(N2CCCC2)ccn1)N1CCN(S(=O)(=O)Cc2ccccc2)CC1. The van der Waals surface area contributed by atoms with Crippen molar-refractivity contribution in [3.8, 4) is 0 Å². The second-order valence-corrected chi connectivity index (χ2v) is 9.50. The Balaban J connectivity index is 1.38. The van der Waals surface area contributed by atoms with Crippen LogP contribution in [0.2, 0.25) is 0 Å². The van der Waals surface area contributed by atoms with E-state index in [2.05, 4.69) is 9.88 Å². The zero-order valence-electron chi connectivity index (χ0n) is 16.4. The maximum absolute atomic E-state index is 12.9. The first kappa shape index (κ1) is 19.8. The number of anilines is 1. The number of carbonyl (C=O) groups excluding carboxylic acids is 1. The van der Waals surface area contributed by atoms with Crippen molar-refractivity contribution in [2.75, 3.05) is 44.2 Å². The summed E-state index contributed by atoms with van der Waals surface area (Å²) in [5, 5.41) is 0. The third-order valence-corrected chi connectivity index (χ3v) is 7.40.